The Kier molecular flexibility index (Phi) is 4.66. The second-order valence-corrected chi connectivity index (χ2v) is 4.63. The summed E-state index contributed by atoms with van der Waals surface area (Å²) in [5, 5.41) is 13.3. The molecule has 0 aliphatic carbocycles. The Morgan fingerprint density at radius 3 is 2.67 bits per heavy atom. The Hall–Kier alpha value is -2.25. The number of hydrogen-bond donors (Lipinski definition) is 2. The third-order valence-corrected chi connectivity index (χ3v) is 3.20. The first kappa shape index (κ1) is 15.1. The van der Waals surface area contributed by atoms with Crippen LogP contribution in [-0.4, -0.2) is 32.6 Å². The van der Waals surface area contributed by atoms with Crippen molar-refractivity contribution in [1.29, 1.82) is 0 Å². The molecule has 110 valence electrons. The van der Waals surface area contributed by atoms with Crippen LogP contribution in [0.4, 0.5) is 0 Å². The van der Waals surface area contributed by atoms with E-state index in [-0.39, 0.29) is 22.9 Å². The van der Waals surface area contributed by atoms with E-state index in [1.54, 1.807) is 18.5 Å². The molecule has 0 aliphatic heterocycles. The lowest BCUT2D eigenvalue weighted by atomic mass is 10.2. The quantitative estimate of drug-likeness (QED) is 0.511. The van der Waals surface area contributed by atoms with Crippen molar-refractivity contribution in [3.05, 3.63) is 47.3 Å². The number of hydroxylamine groups is 1. The minimum Gasteiger partial charge on any atom is -0.462 e. The van der Waals surface area contributed by atoms with Crippen molar-refractivity contribution in [2.45, 2.75) is 13.8 Å². The molecule has 2 rings (SSSR count). The van der Waals surface area contributed by atoms with Gasteiger partial charge in [-0.1, -0.05) is 30.4 Å². The zero-order valence-electron chi connectivity index (χ0n) is 11.7. The number of hydrogen-bond acceptors (Lipinski definition) is 5. The van der Waals surface area contributed by atoms with Gasteiger partial charge in [-0.25, -0.2) is 9.48 Å². The van der Waals surface area contributed by atoms with Gasteiger partial charge in [0.2, 0.25) is 0 Å². The maximum Gasteiger partial charge on any atom is 0.342 e. The summed E-state index contributed by atoms with van der Waals surface area (Å²) >= 11 is 4.99. The number of benzene rings is 1. The van der Waals surface area contributed by atoms with Crippen molar-refractivity contribution in [1.82, 2.24) is 15.3 Å². The smallest absolute Gasteiger partial charge is 0.342 e. The molecule has 0 aliphatic rings. The molecule has 0 saturated heterocycles. The summed E-state index contributed by atoms with van der Waals surface area (Å²) in [5.74, 6) is -0.523. The summed E-state index contributed by atoms with van der Waals surface area (Å²) in [6, 6.07) is 9.32. The average Bonchev–Trinajstić information content (AvgIpc) is 2.85. The van der Waals surface area contributed by atoms with Gasteiger partial charge in [0, 0.05) is 0 Å². The third kappa shape index (κ3) is 2.93. The van der Waals surface area contributed by atoms with Crippen molar-refractivity contribution in [2.24, 2.45) is 0 Å². The van der Waals surface area contributed by atoms with Crippen LogP contribution >= 0.6 is 12.2 Å². The van der Waals surface area contributed by atoms with Gasteiger partial charge in [0.15, 0.2) is 4.99 Å². The van der Waals surface area contributed by atoms with Gasteiger partial charge in [-0.2, -0.15) is 5.10 Å². The summed E-state index contributed by atoms with van der Waals surface area (Å²) in [5.41, 5.74) is 3.66. The number of ether oxygens (including phenoxy) is 1. The molecule has 0 saturated carbocycles. The number of carbonyl (C=O) groups is 1. The van der Waals surface area contributed by atoms with Crippen molar-refractivity contribution >= 4 is 23.2 Å². The van der Waals surface area contributed by atoms with Crippen LogP contribution < -0.4 is 5.48 Å². The monoisotopic (exact) mass is 305 g/mol. The molecule has 0 amide bonds. The van der Waals surface area contributed by atoms with Gasteiger partial charge < -0.3 is 4.74 Å². The first-order valence-electron chi connectivity index (χ1n) is 6.36. The largest absolute Gasteiger partial charge is 0.462 e. The topological polar surface area (TPSA) is 76.4 Å². The summed E-state index contributed by atoms with van der Waals surface area (Å²) in [6.45, 7) is 3.71. The Labute approximate surface area is 127 Å². The average molecular weight is 305 g/mol. The molecule has 2 N–H and O–H groups in total. The number of rotatable bonds is 4. The van der Waals surface area contributed by atoms with E-state index >= 15 is 0 Å². The molecule has 0 fully saturated rings. The van der Waals surface area contributed by atoms with Crippen LogP contribution in [0.3, 0.4) is 0 Å². The fraction of sp³-hybridized carbons (Fsp3) is 0.214. The minimum atomic E-state index is -0.523. The lowest BCUT2D eigenvalue weighted by Gasteiger charge is -2.05. The van der Waals surface area contributed by atoms with E-state index in [1.807, 2.05) is 35.8 Å². The van der Waals surface area contributed by atoms with Crippen molar-refractivity contribution in [2.75, 3.05) is 6.61 Å². The van der Waals surface area contributed by atoms with Crippen molar-refractivity contribution < 1.29 is 14.7 Å². The van der Waals surface area contributed by atoms with E-state index in [0.29, 0.717) is 5.69 Å². The second kappa shape index (κ2) is 6.47. The number of nitrogens with one attached hydrogen (secondary N) is 1. The van der Waals surface area contributed by atoms with E-state index in [2.05, 4.69) is 5.10 Å². The highest BCUT2D eigenvalue weighted by Gasteiger charge is 2.25. The lowest BCUT2D eigenvalue weighted by Crippen LogP contribution is -2.21. The summed E-state index contributed by atoms with van der Waals surface area (Å²) in [6.07, 6.45) is 0. The fourth-order valence-electron chi connectivity index (χ4n) is 1.98. The summed E-state index contributed by atoms with van der Waals surface area (Å²) in [7, 11) is 0. The molecule has 7 heteroatoms. The predicted molar refractivity (Wildman–Crippen MR) is 80.9 cm³/mol. The van der Waals surface area contributed by atoms with Gasteiger partial charge in [0.05, 0.1) is 18.0 Å². The van der Waals surface area contributed by atoms with Gasteiger partial charge in [-0.3, -0.25) is 10.7 Å². The van der Waals surface area contributed by atoms with Gasteiger partial charge in [0.25, 0.3) is 0 Å². The normalized spacial score (nSPS) is 10.2. The molecular formula is C14H15N3O3S. The molecule has 21 heavy (non-hydrogen) atoms. The molecule has 0 bridgehead atoms. The Balaban J connectivity index is 2.60. The van der Waals surface area contributed by atoms with Crippen LogP contribution in [0, 0.1) is 6.92 Å². The fourth-order valence-corrected chi connectivity index (χ4v) is 2.13. The molecule has 0 spiro atoms. The summed E-state index contributed by atoms with van der Waals surface area (Å²) < 4.78 is 6.62. The highest BCUT2D eigenvalue weighted by molar-refractivity contribution is 7.80. The maximum atomic E-state index is 12.1. The number of nitrogens with zero attached hydrogens (tertiary/aromatic N) is 2. The maximum absolute atomic E-state index is 12.1. The van der Waals surface area contributed by atoms with E-state index < -0.39 is 5.97 Å². The number of esters is 1. The van der Waals surface area contributed by atoms with E-state index in [4.69, 9.17) is 22.2 Å². The zero-order valence-corrected chi connectivity index (χ0v) is 12.5. The van der Waals surface area contributed by atoms with Crippen LogP contribution in [-0.2, 0) is 4.74 Å². The molecule has 2 aromatic rings. The van der Waals surface area contributed by atoms with Gasteiger partial charge in [-0.15, -0.1) is 0 Å². The van der Waals surface area contributed by atoms with Crippen molar-refractivity contribution in [3.63, 3.8) is 0 Å². The van der Waals surface area contributed by atoms with E-state index in [9.17, 15) is 4.79 Å². The van der Waals surface area contributed by atoms with Crippen molar-refractivity contribution in [3.8, 4) is 5.69 Å². The van der Waals surface area contributed by atoms with Gasteiger partial charge in [-0.05, 0) is 26.0 Å². The molecule has 1 heterocycles. The molecular weight excluding hydrogens is 290 g/mol. The van der Waals surface area contributed by atoms with Crippen LogP contribution in [0.25, 0.3) is 5.69 Å². The number of carbonyl (C=O) groups excluding carboxylic acids is 1. The SMILES string of the molecule is CCOC(=O)c1c(C(=S)NO)nn(-c2ccccc2)c1C. The first-order valence-corrected chi connectivity index (χ1v) is 6.77. The zero-order chi connectivity index (χ0) is 15.4. The van der Waals surface area contributed by atoms with Crippen LogP contribution in [0.2, 0.25) is 0 Å². The first-order chi connectivity index (χ1) is 10.1. The highest BCUT2D eigenvalue weighted by atomic mass is 32.1. The number of thiocarbonyl (C=S) groups is 1. The van der Waals surface area contributed by atoms with Gasteiger partial charge >= 0.3 is 5.97 Å². The third-order valence-electron chi connectivity index (χ3n) is 2.91. The highest BCUT2D eigenvalue weighted by Crippen LogP contribution is 2.19. The molecule has 1 aromatic carbocycles. The van der Waals surface area contributed by atoms with Crippen LogP contribution in [0.5, 0.6) is 0 Å². The van der Waals surface area contributed by atoms with Crippen LogP contribution in [0.15, 0.2) is 30.3 Å². The predicted octanol–water partition coefficient (Wildman–Crippen LogP) is 2.01. The second-order valence-electron chi connectivity index (χ2n) is 4.22. The number of aromatic nitrogens is 2. The Morgan fingerprint density at radius 1 is 1.43 bits per heavy atom. The Morgan fingerprint density at radius 2 is 2.10 bits per heavy atom. The van der Waals surface area contributed by atoms with Crippen LogP contribution in [0.1, 0.15) is 28.7 Å². The molecule has 6 nitrogen and oxygen atoms in total. The summed E-state index contributed by atoms with van der Waals surface area (Å²) in [4.78, 5) is 12.1. The molecule has 1 aromatic heterocycles. The lowest BCUT2D eigenvalue weighted by molar-refractivity contribution is 0.0525. The van der Waals surface area contributed by atoms with E-state index in [0.717, 1.165) is 5.69 Å². The minimum absolute atomic E-state index is 0.0316. The Bertz CT molecular complexity index is 668. The molecule has 0 atom stereocenters. The van der Waals surface area contributed by atoms with Gasteiger partial charge in [0.1, 0.15) is 11.3 Å². The molecule has 0 radical (unpaired) electrons. The molecule has 0 unspecified atom stereocenters. The number of para-hydroxylation sites is 1. The standard InChI is InChI=1S/C14H15N3O3S/c1-3-20-14(18)11-9(2)17(10-7-5-4-6-8-10)15-12(11)13(21)16-19/h4-8,19H,3H2,1-2H3,(H,16,21). The van der Waals surface area contributed by atoms with E-state index in [1.165, 1.54) is 0 Å².